The maximum Gasteiger partial charge on any atom is 0.350 e. The fourth-order valence-electron chi connectivity index (χ4n) is 4.00. The molecule has 0 saturated carbocycles. The molecule has 0 radical (unpaired) electrons. The second-order valence-electron chi connectivity index (χ2n) is 7.64. The van der Waals surface area contributed by atoms with Gasteiger partial charge < -0.3 is 14.3 Å². The molecular formula is C25H18N2O6S. The first-order chi connectivity index (χ1) is 16.4. The van der Waals surface area contributed by atoms with Gasteiger partial charge >= 0.3 is 5.97 Å². The van der Waals surface area contributed by atoms with E-state index in [0.717, 1.165) is 11.3 Å². The first-order valence-corrected chi connectivity index (χ1v) is 11.2. The first kappa shape index (κ1) is 21.6. The zero-order chi connectivity index (χ0) is 24.0. The number of esters is 1. The molecule has 8 nitrogen and oxygen atoms in total. The van der Waals surface area contributed by atoms with Crippen molar-refractivity contribution < 1.29 is 23.8 Å². The number of anilines is 1. The number of hydrogen-bond acceptors (Lipinski definition) is 8. The van der Waals surface area contributed by atoms with Gasteiger partial charge in [-0.15, -0.1) is 0 Å². The van der Waals surface area contributed by atoms with Crippen molar-refractivity contribution in [2.45, 2.75) is 13.0 Å². The van der Waals surface area contributed by atoms with Crippen molar-refractivity contribution >= 4 is 39.3 Å². The number of hydrogen-bond donors (Lipinski definition) is 1. The fraction of sp³-hybridized carbons (Fsp3) is 0.120. The van der Waals surface area contributed by atoms with Crippen LogP contribution in [0.25, 0.3) is 11.0 Å². The Morgan fingerprint density at radius 1 is 1.26 bits per heavy atom. The molecule has 1 aliphatic rings. The number of aromatic hydroxyl groups is 1. The molecule has 1 amide bonds. The molecule has 0 spiro atoms. The number of thiazole rings is 1. The molecule has 34 heavy (non-hydrogen) atoms. The van der Waals surface area contributed by atoms with Crippen LogP contribution in [0.4, 0.5) is 5.13 Å². The Morgan fingerprint density at radius 3 is 2.82 bits per heavy atom. The third-order valence-corrected chi connectivity index (χ3v) is 6.61. The summed E-state index contributed by atoms with van der Waals surface area (Å²) in [5.74, 6) is -1.27. The predicted molar refractivity (Wildman–Crippen MR) is 127 cm³/mol. The van der Waals surface area contributed by atoms with E-state index in [2.05, 4.69) is 11.6 Å². The van der Waals surface area contributed by atoms with Crippen LogP contribution in [-0.2, 0) is 4.74 Å². The number of nitrogens with zero attached hydrogens (tertiary/aromatic N) is 2. The highest BCUT2D eigenvalue weighted by atomic mass is 32.1. The number of phenols is 1. The van der Waals surface area contributed by atoms with E-state index in [-0.39, 0.29) is 39.1 Å². The van der Waals surface area contributed by atoms with Gasteiger partial charge in [-0.1, -0.05) is 48.3 Å². The summed E-state index contributed by atoms with van der Waals surface area (Å²) in [5.41, 5.74) is 0.980. The van der Waals surface area contributed by atoms with Gasteiger partial charge in [0.15, 0.2) is 10.6 Å². The number of aromatic nitrogens is 1. The Hall–Kier alpha value is -4.24. The molecule has 0 saturated heterocycles. The predicted octanol–water partition coefficient (Wildman–Crippen LogP) is 4.36. The minimum atomic E-state index is -0.905. The van der Waals surface area contributed by atoms with E-state index in [1.165, 1.54) is 23.1 Å². The number of amides is 1. The summed E-state index contributed by atoms with van der Waals surface area (Å²) in [6.45, 7) is 5.21. The smallest absolute Gasteiger partial charge is 0.350 e. The van der Waals surface area contributed by atoms with Gasteiger partial charge in [-0.3, -0.25) is 14.5 Å². The third kappa shape index (κ3) is 3.37. The topological polar surface area (TPSA) is 110 Å². The largest absolute Gasteiger partial charge is 0.508 e. The van der Waals surface area contributed by atoms with E-state index >= 15 is 0 Å². The Balaban J connectivity index is 1.72. The van der Waals surface area contributed by atoms with Crippen LogP contribution < -0.4 is 10.3 Å². The van der Waals surface area contributed by atoms with E-state index in [9.17, 15) is 19.5 Å². The molecule has 1 N–H and O–H groups in total. The van der Waals surface area contributed by atoms with Crippen molar-refractivity contribution in [3.05, 3.63) is 98.9 Å². The second-order valence-corrected chi connectivity index (χ2v) is 8.62. The maximum absolute atomic E-state index is 13.6. The molecule has 170 valence electrons. The summed E-state index contributed by atoms with van der Waals surface area (Å²) >= 11 is 0.981. The van der Waals surface area contributed by atoms with Crippen LogP contribution in [0.1, 0.15) is 43.1 Å². The van der Waals surface area contributed by atoms with E-state index in [0.29, 0.717) is 22.2 Å². The molecule has 2 aromatic heterocycles. The number of fused-ring (bicyclic) bond motifs is 2. The highest BCUT2D eigenvalue weighted by Gasteiger charge is 2.45. The Kier molecular flexibility index (Phi) is 5.25. The molecule has 9 heteroatoms. The standard InChI is InChI=1S/C25H18N2O6S/c1-3-11-32-24(31)22-13(2)26-25(34-22)27-19(14-7-6-8-15(28)12-14)18-20(29)16-9-4-5-10-17(16)33-21(18)23(27)30/h3-10,12,19,28H,1,11H2,2H3/t19-/m0/s1. The van der Waals surface area contributed by atoms with E-state index in [4.69, 9.17) is 9.15 Å². The molecule has 2 aromatic carbocycles. The van der Waals surface area contributed by atoms with Gasteiger partial charge in [-0.05, 0) is 36.8 Å². The SMILES string of the molecule is C=CCOC(=O)c1sc(N2C(=O)c3oc4ccccc4c(=O)c3[C@@H]2c2cccc(O)c2)nc1C. The van der Waals surface area contributed by atoms with Crippen molar-refractivity contribution in [2.24, 2.45) is 0 Å². The highest BCUT2D eigenvalue weighted by Crippen LogP contribution is 2.43. The van der Waals surface area contributed by atoms with Crippen molar-refractivity contribution in [1.82, 2.24) is 4.98 Å². The van der Waals surface area contributed by atoms with Crippen LogP contribution >= 0.6 is 11.3 Å². The van der Waals surface area contributed by atoms with Gasteiger partial charge in [0.25, 0.3) is 5.91 Å². The molecule has 3 heterocycles. The van der Waals surface area contributed by atoms with Crippen molar-refractivity contribution in [3.63, 3.8) is 0 Å². The summed E-state index contributed by atoms with van der Waals surface area (Å²) in [6, 6.07) is 12.1. The molecule has 5 rings (SSSR count). The second kappa shape index (κ2) is 8.27. The normalized spacial score (nSPS) is 14.9. The lowest BCUT2D eigenvalue weighted by atomic mass is 9.98. The van der Waals surface area contributed by atoms with Crippen molar-refractivity contribution in [1.29, 1.82) is 0 Å². The van der Waals surface area contributed by atoms with Gasteiger partial charge in [-0.2, -0.15) is 0 Å². The average Bonchev–Trinajstić information content (AvgIpc) is 3.35. The zero-order valence-electron chi connectivity index (χ0n) is 18.0. The Morgan fingerprint density at radius 2 is 2.06 bits per heavy atom. The average molecular weight is 474 g/mol. The summed E-state index contributed by atoms with van der Waals surface area (Å²) in [6.07, 6.45) is 1.45. The first-order valence-electron chi connectivity index (χ1n) is 10.3. The van der Waals surface area contributed by atoms with E-state index < -0.39 is 17.9 Å². The summed E-state index contributed by atoms with van der Waals surface area (Å²) in [5, 5.41) is 10.6. The van der Waals surface area contributed by atoms with Crippen LogP contribution in [0.15, 0.2) is 70.4 Å². The minimum Gasteiger partial charge on any atom is -0.508 e. The van der Waals surface area contributed by atoms with Crippen molar-refractivity contribution in [2.75, 3.05) is 11.5 Å². The molecule has 1 atom stereocenters. The van der Waals surface area contributed by atoms with Gasteiger partial charge in [0.1, 0.15) is 22.8 Å². The number of ether oxygens (including phenoxy) is 1. The zero-order valence-corrected chi connectivity index (χ0v) is 18.8. The monoisotopic (exact) mass is 474 g/mol. The Labute approximate surface area is 197 Å². The molecule has 0 unspecified atom stereocenters. The number of rotatable bonds is 5. The van der Waals surface area contributed by atoms with Gasteiger partial charge in [0, 0.05) is 0 Å². The molecule has 0 bridgehead atoms. The molecule has 4 aromatic rings. The fourth-order valence-corrected chi connectivity index (χ4v) is 4.99. The molecule has 0 fully saturated rings. The van der Waals surface area contributed by atoms with E-state index in [1.807, 2.05) is 0 Å². The lowest BCUT2D eigenvalue weighted by Gasteiger charge is -2.22. The number of para-hydroxylation sites is 1. The minimum absolute atomic E-state index is 0.0208. The quantitative estimate of drug-likeness (QED) is 0.338. The van der Waals surface area contributed by atoms with Crippen LogP contribution in [0.5, 0.6) is 5.75 Å². The summed E-state index contributed by atoms with van der Waals surface area (Å²) < 4.78 is 11.0. The van der Waals surface area contributed by atoms with E-state index in [1.54, 1.807) is 43.3 Å². The molecule has 1 aliphatic heterocycles. The van der Waals surface area contributed by atoms with Gasteiger partial charge in [0.2, 0.25) is 5.76 Å². The third-order valence-electron chi connectivity index (χ3n) is 5.47. The van der Waals surface area contributed by atoms with Gasteiger partial charge in [-0.25, -0.2) is 9.78 Å². The number of benzene rings is 2. The lowest BCUT2D eigenvalue weighted by Crippen LogP contribution is -2.29. The Bertz CT molecular complexity index is 1540. The van der Waals surface area contributed by atoms with Gasteiger partial charge in [0.05, 0.1) is 22.7 Å². The molecular weight excluding hydrogens is 456 g/mol. The maximum atomic E-state index is 13.6. The number of carbonyl (C=O) groups excluding carboxylic acids is 2. The lowest BCUT2D eigenvalue weighted by molar-refractivity contribution is 0.0554. The van der Waals surface area contributed by atoms with Crippen LogP contribution in [0, 0.1) is 6.92 Å². The molecule has 0 aliphatic carbocycles. The summed E-state index contributed by atoms with van der Waals surface area (Å²) in [7, 11) is 0. The van der Waals surface area contributed by atoms with Crippen molar-refractivity contribution in [3.8, 4) is 5.75 Å². The number of phenolic OH excluding ortho intramolecular Hbond substituents is 1. The van der Waals surface area contributed by atoms with Crippen LogP contribution in [-0.4, -0.2) is 28.6 Å². The number of aryl methyl sites for hydroxylation is 1. The highest BCUT2D eigenvalue weighted by molar-refractivity contribution is 7.17. The number of carbonyl (C=O) groups is 2. The van der Waals surface area contributed by atoms with Crippen LogP contribution in [0.2, 0.25) is 0 Å². The summed E-state index contributed by atoms with van der Waals surface area (Å²) in [4.78, 5) is 45.6. The van der Waals surface area contributed by atoms with Crippen LogP contribution in [0.3, 0.4) is 0 Å².